The Labute approximate surface area is 139 Å². The molecule has 0 aliphatic carbocycles. The maximum absolute atomic E-state index is 13.0. The molecule has 122 valence electrons. The third-order valence-corrected chi connectivity index (χ3v) is 5.22. The summed E-state index contributed by atoms with van der Waals surface area (Å²) in [4.78, 5) is -0.0207. The lowest BCUT2D eigenvalue weighted by Gasteiger charge is -2.23. The SMILES string of the molecule is C=CCN(c1ccc(OC)c(Cl)c1)S(=O)(=O)c1ccc(F)cc1. The van der Waals surface area contributed by atoms with Gasteiger partial charge in [0, 0.05) is 0 Å². The minimum Gasteiger partial charge on any atom is -0.495 e. The molecule has 0 aliphatic rings. The molecule has 2 aromatic carbocycles. The first-order chi connectivity index (χ1) is 10.9. The van der Waals surface area contributed by atoms with Gasteiger partial charge in [0.15, 0.2) is 0 Å². The maximum atomic E-state index is 13.0. The van der Waals surface area contributed by atoms with Crippen LogP contribution < -0.4 is 9.04 Å². The fourth-order valence-electron chi connectivity index (χ4n) is 2.00. The molecule has 0 fully saturated rings. The van der Waals surface area contributed by atoms with E-state index in [0.717, 1.165) is 16.4 Å². The zero-order valence-electron chi connectivity index (χ0n) is 12.4. The molecule has 0 bridgehead atoms. The summed E-state index contributed by atoms with van der Waals surface area (Å²) in [6.07, 6.45) is 1.46. The van der Waals surface area contributed by atoms with Crippen molar-refractivity contribution in [3.05, 3.63) is 66.0 Å². The molecule has 0 amide bonds. The first-order valence-electron chi connectivity index (χ1n) is 6.63. The Morgan fingerprint density at radius 1 is 1.26 bits per heavy atom. The first-order valence-corrected chi connectivity index (χ1v) is 8.44. The van der Waals surface area contributed by atoms with Crippen LogP contribution in [-0.2, 0) is 10.0 Å². The maximum Gasteiger partial charge on any atom is 0.264 e. The second-order valence-corrected chi connectivity index (χ2v) is 6.87. The largest absolute Gasteiger partial charge is 0.495 e. The van der Waals surface area contributed by atoms with Gasteiger partial charge in [-0.05, 0) is 42.5 Å². The molecule has 7 heteroatoms. The highest BCUT2D eigenvalue weighted by molar-refractivity contribution is 7.92. The van der Waals surface area contributed by atoms with Gasteiger partial charge in [0.1, 0.15) is 11.6 Å². The summed E-state index contributed by atoms with van der Waals surface area (Å²) in [5, 5.41) is 0.286. The van der Waals surface area contributed by atoms with Gasteiger partial charge in [-0.2, -0.15) is 0 Å². The van der Waals surface area contributed by atoms with E-state index in [1.54, 1.807) is 12.1 Å². The Balaban J connectivity index is 2.50. The van der Waals surface area contributed by atoms with E-state index < -0.39 is 15.8 Å². The standard InChI is InChI=1S/C16H15ClFNO3S/c1-3-10-19(13-6-9-16(22-2)15(17)11-13)23(20,21)14-7-4-12(18)5-8-14/h3-9,11H,1,10H2,2H3. The van der Waals surface area contributed by atoms with Gasteiger partial charge in [-0.25, -0.2) is 12.8 Å². The number of sulfonamides is 1. The molecule has 0 atom stereocenters. The van der Waals surface area contributed by atoms with E-state index in [1.165, 1.54) is 31.4 Å². The monoisotopic (exact) mass is 355 g/mol. The topological polar surface area (TPSA) is 46.6 Å². The summed E-state index contributed by atoms with van der Waals surface area (Å²) in [5.41, 5.74) is 0.361. The number of benzene rings is 2. The fourth-order valence-corrected chi connectivity index (χ4v) is 3.68. The van der Waals surface area contributed by atoms with Crippen LogP contribution in [0.4, 0.5) is 10.1 Å². The van der Waals surface area contributed by atoms with E-state index in [0.29, 0.717) is 11.4 Å². The van der Waals surface area contributed by atoms with Gasteiger partial charge in [-0.15, -0.1) is 6.58 Å². The van der Waals surface area contributed by atoms with Crippen LogP contribution in [-0.4, -0.2) is 22.1 Å². The van der Waals surface area contributed by atoms with E-state index in [-0.39, 0.29) is 16.5 Å². The lowest BCUT2D eigenvalue weighted by molar-refractivity contribution is 0.415. The van der Waals surface area contributed by atoms with Crippen LogP contribution in [0, 0.1) is 5.82 Å². The van der Waals surface area contributed by atoms with Gasteiger partial charge in [0.2, 0.25) is 0 Å². The van der Waals surface area contributed by atoms with E-state index in [9.17, 15) is 12.8 Å². The average molecular weight is 356 g/mol. The Hall–Kier alpha value is -2.05. The average Bonchev–Trinajstić information content (AvgIpc) is 2.52. The van der Waals surface area contributed by atoms with Crippen molar-refractivity contribution in [2.24, 2.45) is 0 Å². The number of ether oxygens (including phenoxy) is 1. The lowest BCUT2D eigenvalue weighted by Crippen LogP contribution is -2.31. The molecular formula is C16H15ClFNO3S. The summed E-state index contributed by atoms with van der Waals surface area (Å²) >= 11 is 6.07. The van der Waals surface area contributed by atoms with Crippen LogP contribution in [0.15, 0.2) is 60.0 Å². The van der Waals surface area contributed by atoms with Crippen LogP contribution in [0.5, 0.6) is 5.75 Å². The zero-order valence-corrected chi connectivity index (χ0v) is 13.9. The molecule has 0 spiro atoms. The molecule has 0 saturated heterocycles. The molecule has 0 unspecified atom stereocenters. The minimum absolute atomic E-state index is 0.0207. The van der Waals surface area contributed by atoms with Gasteiger partial charge < -0.3 is 4.74 Å². The second-order valence-electron chi connectivity index (χ2n) is 4.60. The molecular weight excluding hydrogens is 341 g/mol. The van der Waals surface area contributed by atoms with Crippen molar-refractivity contribution in [2.75, 3.05) is 18.0 Å². The van der Waals surface area contributed by atoms with E-state index in [1.807, 2.05) is 0 Å². The lowest BCUT2D eigenvalue weighted by atomic mass is 10.3. The number of rotatable bonds is 6. The number of hydrogen-bond donors (Lipinski definition) is 0. The van der Waals surface area contributed by atoms with E-state index in [4.69, 9.17) is 16.3 Å². The molecule has 2 rings (SSSR count). The van der Waals surface area contributed by atoms with E-state index in [2.05, 4.69) is 6.58 Å². The van der Waals surface area contributed by atoms with Crippen molar-refractivity contribution >= 4 is 27.3 Å². The molecule has 0 N–H and O–H groups in total. The molecule has 0 saturated carbocycles. The van der Waals surface area contributed by atoms with Crippen LogP contribution in [0.1, 0.15) is 0 Å². The second kappa shape index (κ2) is 7.02. The molecule has 0 aromatic heterocycles. The highest BCUT2D eigenvalue weighted by Crippen LogP contribution is 2.31. The number of halogens is 2. The van der Waals surface area contributed by atoms with Crippen LogP contribution in [0.3, 0.4) is 0 Å². The molecule has 0 aliphatic heterocycles. The highest BCUT2D eigenvalue weighted by Gasteiger charge is 2.24. The normalized spacial score (nSPS) is 11.1. The quantitative estimate of drug-likeness (QED) is 0.739. The Bertz CT molecular complexity index is 807. The molecule has 4 nitrogen and oxygen atoms in total. The van der Waals surface area contributed by atoms with Crippen LogP contribution in [0.25, 0.3) is 0 Å². The molecule has 0 radical (unpaired) electrons. The minimum atomic E-state index is -3.87. The molecule has 23 heavy (non-hydrogen) atoms. The summed E-state index contributed by atoms with van der Waals surface area (Å²) in [6.45, 7) is 3.62. The predicted molar refractivity (Wildman–Crippen MR) is 89.1 cm³/mol. The van der Waals surface area contributed by atoms with Gasteiger partial charge in [0.25, 0.3) is 10.0 Å². The van der Waals surface area contributed by atoms with Crippen molar-refractivity contribution in [1.29, 1.82) is 0 Å². The van der Waals surface area contributed by atoms with Gasteiger partial charge in [0.05, 0.1) is 29.3 Å². The van der Waals surface area contributed by atoms with Gasteiger partial charge in [-0.3, -0.25) is 4.31 Å². The fraction of sp³-hybridized carbons (Fsp3) is 0.125. The Morgan fingerprint density at radius 3 is 2.43 bits per heavy atom. The van der Waals surface area contributed by atoms with Crippen LogP contribution >= 0.6 is 11.6 Å². The van der Waals surface area contributed by atoms with Gasteiger partial charge in [-0.1, -0.05) is 17.7 Å². The summed E-state index contributed by atoms with van der Waals surface area (Å²) < 4.78 is 44.8. The first kappa shape index (κ1) is 17.3. The zero-order chi connectivity index (χ0) is 17.0. The third-order valence-electron chi connectivity index (χ3n) is 3.12. The van der Waals surface area contributed by atoms with Crippen molar-refractivity contribution < 1.29 is 17.5 Å². The predicted octanol–water partition coefficient (Wildman–Crippen LogP) is 3.87. The summed E-state index contributed by atoms with van der Waals surface area (Å²) in [7, 11) is -2.40. The van der Waals surface area contributed by atoms with Gasteiger partial charge >= 0.3 is 0 Å². The van der Waals surface area contributed by atoms with Crippen LogP contribution in [0.2, 0.25) is 5.02 Å². The summed E-state index contributed by atoms with van der Waals surface area (Å²) in [6, 6.07) is 9.27. The number of nitrogens with zero attached hydrogens (tertiary/aromatic N) is 1. The van der Waals surface area contributed by atoms with E-state index >= 15 is 0 Å². The Kier molecular flexibility index (Phi) is 5.28. The van der Waals surface area contributed by atoms with Crippen molar-refractivity contribution in [3.8, 4) is 5.75 Å². The smallest absolute Gasteiger partial charge is 0.264 e. The van der Waals surface area contributed by atoms with Crippen molar-refractivity contribution in [3.63, 3.8) is 0 Å². The number of anilines is 1. The number of hydrogen-bond acceptors (Lipinski definition) is 3. The number of methoxy groups -OCH3 is 1. The summed E-state index contributed by atoms with van der Waals surface area (Å²) in [5.74, 6) is -0.0696. The van der Waals surface area contributed by atoms with Crippen molar-refractivity contribution in [2.45, 2.75) is 4.90 Å². The highest BCUT2D eigenvalue weighted by atomic mass is 35.5. The third kappa shape index (κ3) is 3.65. The molecule has 0 heterocycles. The molecule has 2 aromatic rings. The van der Waals surface area contributed by atoms with Crippen molar-refractivity contribution in [1.82, 2.24) is 0 Å². The Morgan fingerprint density at radius 2 is 1.91 bits per heavy atom.